The number of Topliss-reactive ketones (excluding diaryl/α,β-unsaturated/α-hetero) is 1. The number of rotatable bonds is 5. The number of piperidine rings is 1. The molecule has 2 aromatic carbocycles. The first-order chi connectivity index (χ1) is 14.8. The van der Waals surface area contributed by atoms with E-state index in [1.54, 1.807) is 24.3 Å². The molecule has 3 N–H and O–H groups in total. The molecule has 0 unspecified atom stereocenters. The molecule has 10 heteroatoms. The van der Waals surface area contributed by atoms with E-state index >= 15 is 0 Å². The Kier molecular flexibility index (Phi) is 6.57. The number of nitrogen functional groups attached to an aromatic ring is 1. The number of hydrogen-bond donors (Lipinski definition) is 2. The second kappa shape index (κ2) is 8.74. The zero-order valence-electron chi connectivity index (χ0n) is 16.9. The van der Waals surface area contributed by atoms with Gasteiger partial charge in [-0.15, -0.1) is 0 Å². The monoisotopic (exact) mass is 460 g/mol. The average molecular weight is 460 g/mol. The van der Waals surface area contributed by atoms with E-state index < -0.39 is 23.5 Å². The molecule has 1 heterocycles. The zero-order chi connectivity index (χ0) is 23.7. The number of benzene rings is 2. The molecule has 2 aromatic rings. The average Bonchev–Trinajstić information content (AvgIpc) is 2.73. The van der Waals surface area contributed by atoms with Gasteiger partial charge in [0.15, 0.2) is 5.78 Å². The third-order valence-electron chi connectivity index (χ3n) is 5.75. The molecule has 0 amide bonds. The van der Waals surface area contributed by atoms with Crippen molar-refractivity contribution in [1.82, 2.24) is 4.90 Å². The van der Waals surface area contributed by atoms with Crippen LogP contribution in [0.2, 0.25) is 0 Å². The van der Waals surface area contributed by atoms with Gasteiger partial charge in [0.05, 0.1) is 0 Å². The van der Waals surface area contributed by atoms with E-state index in [2.05, 4.69) is 0 Å². The minimum Gasteiger partial charge on any atom is -0.399 e. The number of nitrogens with zero attached hydrogens (tertiary/aromatic N) is 1. The van der Waals surface area contributed by atoms with Gasteiger partial charge in [-0.1, -0.05) is 24.3 Å². The predicted molar refractivity (Wildman–Crippen MR) is 106 cm³/mol. The Labute approximate surface area is 180 Å². The molecule has 1 aliphatic heterocycles. The van der Waals surface area contributed by atoms with Gasteiger partial charge in [0, 0.05) is 29.3 Å². The van der Waals surface area contributed by atoms with Crippen molar-refractivity contribution in [2.45, 2.75) is 37.3 Å². The summed E-state index contributed by atoms with van der Waals surface area (Å²) in [6.45, 7) is 1.42. The summed E-state index contributed by atoms with van der Waals surface area (Å²) in [5.74, 6) is -0.140. The normalized spacial score (nSPS) is 16.8. The van der Waals surface area contributed by atoms with E-state index in [1.165, 1.54) is 0 Å². The van der Waals surface area contributed by atoms with E-state index in [9.17, 15) is 36.2 Å². The molecule has 0 bridgehead atoms. The molecule has 32 heavy (non-hydrogen) atoms. The molecule has 0 saturated carbocycles. The Balaban J connectivity index is 1.62. The number of ketones is 1. The number of halogens is 6. The Hall–Kier alpha value is -2.59. The SMILES string of the molecule is Nc1ccc(C(=O)C2CCN(Cc3ccc(C(O)(C(F)(F)F)C(F)(F)F)cc3)CC2)cc1. The number of alkyl halides is 6. The fraction of sp³-hybridized carbons (Fsp3) is 0.409. The van der Waals surface area contributed by atoms with Crippen molar-refractivity contribution in [3.63, 3.8) is 0 Å². The smallest absolute Gasteiger partial charge is 0.399 e. The first kappa shape index (κ1) is 24.1. The summed E-state index contributed by atoms with van der Waals surface area (Å²) in [4.78, 5) is 14.6. The second-order valence-corrected chi connectivity index (χ2v) is 7.94. The fourth-order valence-electron chi connectivity index (χ4n) is 3.83. The highest BCUT2D eigenvalue weighted by Crippen LogP contribution is 2.50. The molecule has 0 aromatic heterocycles. The third kappa shape index (κ3) is 4.75. The van der Waals surface area contributed by atoms with Gasteiger partial charge in [-0.3, -0.25) is 9.69 Å². The molecular formula is C22H22F6N2O2. The first-order valence-electron chi connectivity index (χ1n) is 9.90. The number of anilines is 1. The Morgan fingerprint density at radius 1 is 0.906 bits per heavy atom. The minimum atomic E-state index is -5.91. The molecule has 3 rings (SSSR count). The molecule has 4 nitrogen and oxygen atoms in total. The van der Waals surface area contributed by atoms with E-state index in [1.807, 2.05) is 4.90 Å². The maximum Gasteiger partial charge on any atom is 0.430 e. The molecule has 1 fully saturated rings. The Morgan fingerprint density at radius 3 is 1.88 bits per heavy atom. The lowest BCUT2D eigenvalue weighted by molar-refractivity contribution is -0.376. The Bertz CT molecular complexity index is 917. The van der Waals surface area contributed by atoms with Gasteiger partial charge < -0.3 is 10.8 Å². The van der Waals surface area contributed by atoms with Crippen LogP contribution in [-0.4, -0.2) is 41.2 Å². The lowest BCUT2D eigenvalue weighted by Gasteiger charge is -2.33. The van der Waals surface area contributed by atoms with Crippen LogP contribution in [0.4, 0.5) is 32.0 Å². The summed E-state index contributed by atoms with van der Waals surface area (Å²) in [6.07, 6.45) is -10.6. The number of nitrogens with two attached hydrogens (primary N) is 1. The molecule has 0 radical (unpaired) electrons. The van der Waals surface area contributed by atoms with Crippen LogP contribution in [0.3, 0.4) is 0 Å². The van der Waals surface area contributed by atoms with Crippen molar-refractivity contribution in [2.24, 2.45) is 5.92 Å². The number of carbonyl (C=O) groups excluding carboxylic acids is 1. The van der Waals surface area contributed by atoms with Gasteiger partial charge in [0.2, 0.25) is 0 Å². The molecule has 0 atom stereocenters. The largest absolute Gasteiger partial charge is 0.430 e. The number of aliphatic hydroxyl groups is 1. The molecule has 174 valence electrons. The highest BCUT2D eigenvalue weighted by Gasteiger charge is 2.71. The molecular weight excluding hydrogens is 438 g/mol. The van der Waals surface area contributed by atoms with Crippen LogP contribution in [0, 0.1) is 5.92 Å². The predicted octanol–water partition coefficient (Wildman–Crippen LogP) is 4.68. The zero-order valence-corrected chi connectivity index (χ0v) is 16.9. The van der Waals surface area contributed by atoms with Gasteiger partial charge in [0.25, 0.3) is 5.60 Å². The van der Waals surface area contributed by atoms with Crippen LogP contribution >= 0.6 is 0 Å². The van der Waals surface area contributed by atoms with Gasteiger partial charge in [-0.2, -0.15) is 26.3 Å². The van der Waals surface area contributed by atoms with Gasteiger partial charge in [-0.25, -0.2) is 0 Å². The molecule has 0 spiro atoms. The van der Waals surface area contributed by atoms with E-state index in [0.29, 0.717) is 61.4 Å². The van der Waals surface area contributed by atoms with Crippen molar-refractivity contribution < 1.29 is 36.2 Å². The van der Waals surface area contributed by atoms with E-state index in [-0.39, 0.29) is 11.7 Å². The maximum atomic E-state index is 13.0. The van der Waals surface area contributed by atoms with Crippen molar-refractivity contribution in [1.29, 1.82) is 0 Å². The summed E-state index contributed by atoms with van der Waals surface area (Å²) in [7, 11) is 0. The summed E-state index contributed by atoms with van der Waals surface area (Å²) in [5, 5.41) is 9.46. The lowest BCUT2D eigenvalue weighted by atomic mass is 9.88. The standard InChI is InChI=1S/C22H22F6N2O2/c23-21(24,25)20(32,22(26,27)28)17-5-1-14(2-6-17)13-30-11-9-16(10-12-30)19(31)15-3-7-18(29)8-4-15/h1-8,16,32H,9-13,29H2. The van der Waals surface area contributed by atoms with Crippen LogP contribution in [0.5, 0.6) is 0 Å². The number of carbonyl (C=O) groups is 1. The number of likely N-dealkylation sites (tertiary alicyclic amines) is 1. The number of hydrogen-bond acceptors (Lipinski definition) is 4. The highest BCUT2D eigenvalue weighted by atomic mass is 19.4. The fourth-order valence-corrected chi connectivity index (χ4v) is 3.83. The highest BCUT2D eigenvalue weighted by molar-refractivity contribution is 5.98. The van der Waals surface area contributed by atoms with Gasteiger partial charge >= 0.3 is 12.4 Å². The van der Waals surface area contributed by atoms with E-state index in [4.69, 9.17) is 5.73 Å². The van der Waals surface area contributed by atoms with Crippen LogP contribution in [0.1, 0.15) is 34.3 Å². The maximum absolute atomic E-state index is 13.0. The van der Waals surface area contributed by atoms with Crippen molar-refractivity contribution in [2.75, 3.05) is 18.8 Å². The quantitative estimate of drug-likeness (QED) is 0.387. The molecule has 0 aliphatic carbocycles. The van der Waals surface area contributed by atoms with Crippen LogP contribution in [-0.2, 0) is 12.1 Å². The summed E-state index contributed by atoms with van der Waals surface area (Å²) < 4.78 is 77.9. The Morgan fingerprint density at radius 2 is 1.41 bits per heavy atom. The summed E-state index contributed by atoms with van der Waals surface area (Å²) >= 11 is 0. The minimum absolute atomic E-state index is 0.0209. The summed E-state index contributed by atoms with van der Waals surface area (Å²) in [5.41, 5.74) is 1.06. The van der Waals surface area contributed by atoms with Gasteiger partial charge in [-0.05, 0) is 55.8 Å². The summed E-state index contributed by atoms with van der Waals surface area (Å²) in [6, 6.07) is 10.2. The van der Waals surface area contributed by atoms with Gasteiger partial charge in [0.1, 0.15) is 0 Å². The van der Waals surface area contributed by atoms with Crippen LogP contribution < -0.4 is 5.73 Å². The van der Waals surface area contributed by atoms with Crippen molar-refractivity contribution in [3.8, 4) is 0 Å². The lowest BCUT2D eigenvalue weighted by Crippen LogP contribution is -2.53. The molecule has 1 saturated heterocycles. The van der Waals surface area contributed by atoms with E-state index in [0.717, 1.165) is 12.1 Å². The van der Waals surface area contributed by atoms with Crippen LogP contribution in [0.15, 0.2) is 48.5 Å². The van der Waals surface area contributed by atoms with Crippen molar-refractivity contribution in [3.05, 3.63) is 65.2 Å². The second-order valence-electron chi connectivity index (χ2n) is 7.94. The van der Waals surface area contributed by atoms with Crippen LogP contribution in [0.25, 0.3) is 0 Å². The van der Waals surface area contributed by atoms with Crippen molar-refractivity contribution >= 4 is 11.5 Å². The first-order valence-corrected chi connectivity index (χ1v) is 9.90. The third-order valence-corrected chi connectivity index (χ3v) is 5.75. The molecule has 1 aliphatic rings. The topological polar surface area (TPSA) is 66.6 Å².